The van der Waals surface area contributed by atoms with Crippen molar-refractivity contribution in [3.63, 3.8) is 0 Å². The molecular formula is C12H11ClN2O3. The molecule has 2 rings (SSSR count). The zero-order valence-corrected chi connectivity index (χ0v) is 10.6. The first kappa shape index (κ1) is 12.4. The van der Waals surface area contributed by atoms with Gasteiger partial charge in [0.1, 0.15) is 5.69 Å². The molecule has 1 heterocycles. The number of nitrogens with zero attached hydrogens (tertiary/aromatic N) is 1. The highest BCUT2D eigenvalue weighted by molar-refractivity contribution is 6.32. The highest BCUT2D eigenvalue weighted by atomic mass is 35.5. The summed E-state index contributed by atoms with van der Waals surface area (Å²) in [6, 6.07) is 6.55. The number of hydrogen-bond donors (Lipinski definition) is 1. The maximum atomic E-state index is 11.1. The van der Waals surface area contributed by atoms with Crippen molar-refractivity contribution in [2.75, 3.05) is 14.2 Å². The van der Waals surface area contributed by atoms with Gasteiger partial charge in [0, 0.05) is 11.6 Å². The van der Waals surface area contributed by atoms with E-state index in [-0.39, 0.29) is 10.6 Å². The third-order valence-electron chi connectivity index (χ3n) is 2.42. The zero-order chi connectivity index (χ0) is 13.1. The van der Waals surface area contributed by atoms with Gasteiger partial charge in [0.05, 0.1) is 19.2 Å². The van der Waals surface area contributed by atoms with Crippen LogP contribution in [0.4, 0.5) is 0 Å². The van der Waals surface area contributed by atoms with Gasteiger partial charge < -0.3 is 9.47 Å². The van der Waals surface area contributed by atoms with E-state index in [9.17, 15) is 4.79 Å². The van der Waals surface area contributed by atoms with E-state index >= 15 is 0 Å². The second-order valence-corrected chi connectivity index (χ2v) is 3.91. The van der Waals surface area contributed by atoms with Crippen LogP contribution in [0.5, 0.6) is 11.5 Å². The number of halogens is 1. The molecule has 18 heavy (non-hydrogen) atoms. The number of methoxy groups -OCH3 is 2. The Morgan fingerprint density at radius 3 is 2.50 bits per heavy atom. The molecule has 0 saturated heterocycles. The van der Waals surface area contributed by atoms with Gasteiger partial charge in [-0.2, -0.15) is 5.10 Å². The van der Waals surface area contributed by atoms with Crippen LogP contribution in [0.1, 0.15) is 0 Å². The van der Waals surface area contributed by atoms with Crippen molar-refractivity contribution in [3.05, 3.63) is 39.6 Å². The first-order valence-electron chi connectivity index (χ1n) is 5.13. The van der Waals surface area contributed by atoms with Crippen LogP contribution in [0.15, 0.2) is 29.1 Å². The van der Waals surface area contributed by atoms with Crippen molar-refractivity contribution in [1.82, 2.24) is 10.2 Å². The molecule has 0 bridgehead atoms. The SMILES string of the molecule is COc1ccc(-c2n[nH]c(=O)cc2Cl)cc1OC. The molecule has 0 unspecified atom stereocenters. The molecule has 1 aromatic heterocycles. The molecule has 0 aliphatic carbocycles. The fraction of sp³-hybridized carbons (Fsp3) is 0.167. The first-order valence-corrected chi connectivity index (χ1v) is 5.51. The molecule has 1 N–H and O–H groups in total. The van der Waals surface area contributed by atoms with Crippen LogP contribution < -0.4 is 15.0 Å². The Morgan fingerprint density at radius 1 is 1.17 bits per heavy atom. The summed E-state index contributed by atoms with van der Waals surface area (Å²) in [6.45, 7) is 0. The average molecular weight is 267 g/mol. The van der Waals surface area contributed by atoms with Gasteiger partial charge in [-0.25, -0.2) is 5.10 Å². The summed E-state index contributed by atoms with van der Waals surface area (Å²) >= 11 is 5.98. The highest BCUT2D eigenvalue weighted by Gasteiger charge is 2.10. The Hall–Kier alpha value is -2.01. The van der Waals surface area contributed by atoms with Crippen molar-refractivity contribution in [1.29, 1.82) is 0 Å². The minimum absolute atomic E-state index is 0.283. The zero-order valence-electron chi connectivity index (χ0n) is 9.86. The van der Waals surface area contributed by atoms with Gasteiger partial charge in [0.25, 0.3) is 5.56 Å². The third-order valence-corrected chi connectivity index (χ3v) is 2.71. The smallest absolute Gasteiger partial charge is 0.265 e. The molecule has 0 aliphatic heterocycles. The Labute approximate surface area is 108 Å². The first-order chi connectivity index (χ1) is 8.65. The number of ether oxygens (including phenoxy) is 2. The maximum absolute atomic E-state index is 11.1. The van der Waals surface area contributed by atoms with E-state index in [4.69, 9.17) is 21.1 Å². The maximum Gasteiger partial charge on any atom is 0.265 e. The van der Waals surface area contributed by atoms with Crippen molar-refractivity contribution >= 4 is 11.6 Å². The fourth-order valence-corrected chi connectivity index (χ4v) is 1.82. The van der Waals surface area contributed by atoms with Gasteiger partial charge in [0.15, 0.2) is 11.5 Å². The summed E-state index contributed by atoms with van der Waals surface area (Å²) in [4.78, 5) is 11.1. The second-order valence-electron chi connectivity index (χ2n) is 3.50. The van der Waals surface area contributed by atoms with Gasteiger partial charge >= 0.3 is 0 Å². The van der Waals surface area contributed by atoms with Crippen LogP contribution in [-0.2, 0) is 0 Å². The number of aromatic nitrogens is 2. The molecule has 0 aliphatic rings. The second kappa shape index (κ2) is 5.10. The topological polar surface area (TPSA) is 64.2 Å². The normalized spacial score (nSPS) is 10.2. The lowest BCUT2D eigenvalue weighted by atomic mass is 10.1. The molecule has 5 nitrogen and oxygen atoms in total. The molecule has 1 aromatic carbocycles. The number of rotatable bonds is 3. The van der Waals surface area contributed by atoms with Crippen LogP contribution in [0.3, 0.4) is 0 Å². The molecule has 2 aromatic rings. The summed E-state index contributed by atoms with van der Waals surface area (Å²) in [7, 11) is 3.10. The Kier molecular flexibility index (Phi) is 3.53. The summed E-state index contributed by atoms with van der Waals surface area (Å²) < 4.78 is 10.3. The summed E-state index contributed by atoms with van der Waals surface area (Å²) in [5.74, 6) is 1.18. The van der Waals surface area contributed by atoms with E-state index in [1.807, 2.05) is 0 Å². The van der Waals surface area contributed by atoms with Crippen LogP contribution in [0.25, 0.3) is 11.3 Å². The van der Waals surface area contributed by atoms with Crippen LogP contribution in [0.2, 0.25) is 5.02 Å². The number of nitrogens with one attached hydrogen (secondary N) is 1. The van der Waals surface area contributed by atoms with Crippen molar-refractivity contribution < 1.29 is 9.47 Å². The molecule has 0 amide bonds. The van der Waals surface area contributed by atoms with Gasteiger partial charge in [-0.05, 0) is 18.2 Å². The molecule has 0 radical (unpaired) electrons. The number of aromatic amines is 1. The van der Waals surface area contributed by atoms with E-state index in [1.54, 1.807) is 32.4 Å². The van der Waals surface area contributed by atoms with Gasteiger partial charge in [0.2, 0.25) is 0 Å². The predicted molar refractivity (Wildman–Crippen MR) is 68.4 cm³/mol. The lowest BCUT2D eigenvalue weighted by molar-refractivity contribution is 0.355. The van der Waals surface area contributed by atoms with E-state index in [0.717, 1.165) is 5.56 Å². The minimum atomic E-state index is -0.343. The van der Waals surface area contributed by atoms with E-state index < -0.39 is 0 Å². The Balaban J connectivity index is 2.54. The van der Waals surface area contributed by atoms with Crippen LogP contribution in [0, 0.1) is 0 Å². The molecule has 6 heteroatoms. The van der Waals surface area contributed by atoms with Gasteiger partial charge in [-0.15, -0.1) is 0 Å². The third kappa shape index (κ3) is 2.31. The number of H-pyrrole nitrogens is 1. The average Bonchev–Trinajstić information content (AvgIpc) is 2.38. The fourth-order valence-electron chi connectivity index (χ4n) is 1.57. The van der Waals surface area contributed by atoms with Crippen molar-refractivity contribution in [3.8, 4) is 22.8 Å². The summed E-state index contributed by atoms with van der Waals surface area (Å²) in [5.41, 5.74) is 0.871. The van der Waals surface area contributed by atoms with E-state index in [1.165, 1.54) is 6.07 Å². The predicted octanol–water partition coefficient (Wildman–Crippen LogP) is 2.11. The quantitative estimate of drug-likeness (QED) is 0.924. The molecular weight excluding hydrogens is 256 g/mol. The van der Waals surface area contributed by atoms with Crippen LogP contribution >= 0.6 is 11.6 Å². The van der Waals surface area contributed by atoms with E-state index in [0.29, 0.717) is 17.2 Å². The number of benzene rings is 1. The molecule has 0 atom stereocenters. The standard InChI is InChI=1S/C12H11ClN2O3/c1-17-9-4-3-7(5-10(9)18-2)12-8(13)6-11(16)14-15-12/h3-6H,1-2H3,(H,14,16). The van der Waals surface area contributed by atoms with Crippen molar-refractivity contribution in [2.24, 2.45) is 0 Å². The van der Waals surface area contributed by atoms with Crippen LogP contribution in [-0.4, -0.2) is 24.4 Å². The molecule has 0 saturated carbocycles. The molecule has 94 valence electrons. The Morgan fingerprint density at radius 2 is 1.89 bits per heavy atom. The van der Waals surface area contributed by atoms with Gasteiger partial charge in [-0.1, -0.05) is 11.6 Å². The van der Waals surface area contributed by atoms with Crippen molar-refractivity contribution in [2.45, 2.75) is 0 Å². The lowest BCUT2D eigenvalue weighted by Gasteiger charge is -2.09. The largest absolute Gasteiger partial charge is 0.493 e. The minimum Gasteiger partial charge on any atom is -0.493 e. The Bertz CT molecular complexity index is 625. The molecule has 0 spiro atoms. The summed E-state index contributed by atoms with van der Waals surface area (Å²) in [5, 5.41) is 6.54. The summed E-state index contributed by atoms with van der Waals surface area (Å²) in [6.07, 6.45) is 0. The monoisotopic (exact) mass is 266 g/mol. The number of hydrogen-bond acceptors (Lipinski definition) is 4. The van der Waals surface area contributed by atoms with Gasteiger partial charge in [-0.3, -0.25) is 4.79 Å². The highest BCUT2D eigenvalue weighted by Crippen LogP contribution is 2.33. The molecule has 0 fully saturated rings. The lowest BCUT2D eigenvalue weighted by Crippen LogP contribution is -2.07. The van der Waals surface area contributed by atoms with E-state index in [2.05, 4.69) is 10.2 Å².